The van der Waals surface area contributed by atoms with Gasteiger partial charge in [-0.2, -0.15) is 4.98 Å². The minimum absolute atomic E-state index is 0.206. The molecule has 182 valence electrons. The van der Waals surface area contributed by atoms with Crippen molar-refractivity contribution in [1.82, 2.24) is 15.0 Å². The molecule has 0 radical (unpaired) electrons. The number of aromatic nitrogens is 2. The van der Waals surface area contributed by atoms with Gasteiger partial charge in [0.05, 0.1) is 5.92 Å². The van der Waals surface area contributed by atoms with Gasteiger partial charge in [-0.25, -0.2) is 4.39 Å². The Morgan fingerprint density at radius 2 is 1.75 bits per heavy atom. The van der Waals surface area contributed by atoms with Crippen LogP contribution in [0.5, 0.6) is 0 Å². The molecule has 36 heavy (non-hydrogen) atoms. The number of hydrogen-bond acceptors (Lipinski definition) is 5. The molecule has 2 heterocycles. The maximum atomic E-state index is 14.7. The summed E-state index contributed by atoms with van der Waals surface area (Å²) in [7, 11) is 0. The number of halogens is 1. The molecular weight excluding hydrogens is 457 g/mol. The van der Waals surface area contributed by atoms with E-state index in [4.69, 9.17) is 9.63 Å². The highest BCUT2D eigenvalue weighted by atomic mass is 19.1. The standard InChI is InChI=1S/C29H26FN3O3/c1-16-4-3-5-25(26(16)30)24-9-8-19(10-17(24)2)28-31-27(32-36-28)18-6-7-20-14-33(15-22(20)11-18)23-12-21(13-23)29(34)35/h3-11,21,23H,12-15H2,1-2H3,(H,34,35). The fourth-order valence-electron chi connectivity index (χ4n) is 5.32. The second-order valence-corrected chi connectivity index (χ2v) is 9.94. The van der Waals surface area contributed by atoms with Crippen molar-refractivity contribution >= 4 is 5.97 Å². The van der Waals surface area contributed by atoms with Gasteiger partial charge in [0.2, 0.25) is 5.82 Å². The van der Waals surface area contributed by atoms with E-state index in [1.165, 1.54) is 11.1 Å². The van der Waals surface area contributed by atoms with Crippen LogP contribution in [0.25, 0.3) is 34.0 Å². The number of benzene rings is 3. The number of nitrogens with zero attached hydrogens (tertiary/aromatic N) is 3. The number of carboxylic acids is 1. The lowest BCUT2D eigenvalue weighted by Gasteiger charge is -2.39. The van der Waals surface area contributed by atoms with Crippen LogP contribution in [0.15, 0.2) is 59.1 Å². The first kappa shape index (κ1) is 22.6. The molecule has 2 aliphatic rings. The van der Waals surface area contributed by atoms with E-state index >= 15 is 0 Å². The van der Waals surface area contributed by atoms with Gasteiger partial charge in [-0.1, -0.05) is 41.6 Å². The van der Waals surface area contributed by atoms with Crippen LogP contribution in [0.4, 0.5) is 4.39 Å². The highest BCUT2D eigenvalue weighted by molar-refractivity contribution is 5.73. The monoisotopic (exact) mass is 483 g/mol. The molecule has 6 rings (SSSR count). The lowest BCUT2D eigenvalue weighted by atomic mass is 9.79. The highest BCUT2D eigenvalue weighted by Gasteiger charge is 2.39. The van der Waals surface area contributed by atoms with Crippen molar-refractivity contribution in [3.63, 3.8) is 0 Å². The van der Waals surface area contributed by atoms with E-state index in [9.17, 15) is 9.18 Å². The summed E-state index contributed by atoms with van der Waals surface area (Å²) in [5, 5.41) is 13.4. The molecule has 1 fully saturated rings. The summed E-state index contributed by atoms with van der Waals surface area (Å²) < 4.78 is 20.2. The van der Waals surface area contributed by atoms with Crippen molar-refractivity contribution in [2.45, 2.75) is 45.8 Å². The van der Waals surface area contributed by atoms with Crippen molar-refractivity contribution in [1.29, 1.82) is 0 Å². The van der Waals surface area contributed by atoms with Gasteiger partial charge < -0.3 is 9.63 Å². The van der Waals surface area contributed by atoms with Crippen molar-refractivity contribution in [3.05, 3.63) is 82.7 Å². The average molecular weight is 484 g/mol. The number of rotatable bonds is 5. The van der Waals surface area contributed by atoms with E-state index in [-0.39, 0.29) is 11.7 Å². The first-order valence-electron chi connectivity index (χ1n) is 12.2. The van der Waals surface area contributed by atoms with Gasteiger partial charge in [-0.05, 0) is 72.7 Å². The second-order valence-electron chi connectivity index (χ2n) is 9.94. The van der Waals surface area contributed by atoms with Crippen molar-refractivity contribution < 1.29 is 18.8 Å². The SMILES string of the molecule is Cc1cc(-c2nc(-c3ccc4c(c3)CN(C3CC(C(=O)O)C3)C4)no2)ccc1-c1cccc(C)c1F. The normalized spacial score (nSPS) is 19.2. The van der Waals surface area contributed by atoms with Gasteiger partial charge in [-0.15, -0.1) is 0 Å². The fourth-order valence-corrected chi connectivity index (χ4v) is 5.32. The van der Waals surface area contributed by atoms with Crippen LogP contribution in [0.2, 0.25) is 0 Å². The molecular formula is C29H26FN3O3. The number of carboxylic acid groups (broad SMARTS) is 1. The number of carbonyl (C=O) groups is 1. The highest BCUT2D eigenvalue weighted by Crippen LogP contribution is 2.38. The van der Waals surface area contributed by atoms with Crippen molar-refractivity contribution in [2.24, 2.45) is 5.92 Å². The molecule has 1 aliphatic heterocycles. The van der Waals surface area contributed by atoms with E-state index in [1.807, 2.05) is 37.3 Å². The molecule has 0 saturated heterocycles. The van der Waals surface area contributed by atoms with Crippen LogP contribution in [-0.4, -0.2) is 32.2 Å². The molecule has 4 aromatic rings. The lowest BCUT2D eigenvalue weighted by Crippen LogP contribution is -2.44. The Kier molecular flexibility index (Phi) is 5.45. The van der Waals surface area contributed by atoms with E-state index in [0.717, 1.165) is 48.2 Å². The predicted octanol–water partition coefficient (Wildman–Crippen LogP) is 6.01. The molecule has 1 N–H and O–H groups in total. The number of hydrogen-bond donors (Lipinski definition) is 1. The van der Waals surface area contributed by atoms with Crippen LogP contribution in [-0.2, 0) is 17.9 Å². The molecule has 1 aromatic heterocycles. The predicted molar refractivity (Wildman–Crippen MR) is 133 cm³/mol. The third-order valence-electron chi connectivity index (χ3n) is 7.57. The Bertz CT molecular complexity index is 1490. The topological polar surface area (TPSA) is 79.5 Å². The second kappa shape index (κ2) is 8.68. The molecule has 0 unspecified atom stereocenters. The quantitative estimate of drug-likeness (QED) is 0.375. The number of aliphatic carboxylic acids is 1. The Morgan fingerprint density at radius 3 is 2.53 bits per heavy atom. The largest absolute Gasteiger partial charge is 0.481 e. The summed E-state index contributed by atoms with van der Waals surface area (Å²) in [6.07, 6.45) is 1.44. The molecule has 1 aliphatic carbocycles. The Morgan fingerprint density at radius 1 is 0.972 bits per heavy atom. The molecule has 0 bridgehead atoms. The average Bonchev–Trinajstić information content (AvgIpc) is 3.47. The first-order valence-corrected chi connectivity index (χ1v) is 12.2. The van der Waals surface area contributed by atoms with Gasteiger partial charge in [0.25, 0.3) is 5.89 Å². The zero-order valence-electron chi connectivity index (χ0n) is 20.2. The van der Waals surface area contributed by atoms with Gasteiger partial charge in [0.1, 0.15) is 5.82 Å². The van der Waals surface area contributed by atoms with Crippen molar-refractivity contribution in [2.75, 3.05) is 0 Å². The molecule has 3 aromatic carbocycles. The zero-order chi connectivity index (χ0) is 25.0. The summed E-state index contributed by atoms with van der Waals surface area (Å²) in [5.41, 5.74) is 7.12. The molecule has 7 heteroatoms. The number of fused-ring (bicyclic) bond motifs is 1. The maximum Gasteiger partial charge on any atom is 0.306 e. The molecule has 0 atom stereocenters. The molecule has 0 amide bonds. The van der Waals surface area contributed by atoms with Crippen LogP contribution in [0, 0.1) is 25.6 Å². The molecule has 1 saturated carbocycles. The first-order chi connectivity index (χ1) is 17.4. The van der Waals surface area contributed by atoms with E-state index < -0.39 is 5.97 Å². The summed E-state index contributed by atoms with van der Waals surface area (Å²) in [6, 6.07) is 17.7. The minimum atomic E-state index is -0.690. The van der Waals surface area contributed by atoms with E-state index in [2.05, 4.69) is 27.2 Å². The van der Waals surface area contributed by atoms with Crippen LogP contribution in [0.3, 0.4) is 0 Å². The molecule has 6 nitrogen and oxygen atoms in total. The van der Waals surface area contributed by atoms with Gasteiger partial charge in [0, 0.05) is 35.8 Å². The van der Waals surface area contributed by atoms with Gasteiger partial charge in [-0.3, -0.25) is 9.69 Å². The summed E-state index contributed by atoms with van der Waals surface area (Å²) in [5.74, 6) is -0.165. The third kappa shape index (κ3) is 3.89. The lowest BCUT2D eigenvalue weighted by molar-refractivity contribution is -0.147. The third-order valence-corrected chi connectivity index (χ3v) is 7.57. The van der Waals surface area contributed by atoms with Crippen LogP contribution in [0.1, 0.15) is 35.1 Å². The minimum Gasteiger partial charge on any atom is -0.481 e. The number of aryl methyl sites for hydroxylation is 2. The maximum absolute atomic E-state index is 14.7. The Hall–Kier alpha value is -3.84. The Balaban J connectivity index is 1.20. The summed E-state index contributed by atoms with van der Waals surface area (Å²) >= 11 is 0. The Labute approximate surface area is 208 Å². The van der Waals surface area contributed by atoms with Crippen LogP contribution < -0.4 is 0 Å². The summed E-state index contributed by atoms with van der Waals surface area (Å²) in [4.78, 5) is 18.1. The smallest absolute Gasteiger partial charge is 0.306 e. The van der Waals surface area contributed by atoms with Gasteiger partial charge in [0.15, 0.2) is 0 Å². The molecule has 0 spiro atoms. The van der Waals surface area contributed by atoms with E-state index in [0.29, 0.717) is 28.9 Å². The van der Waals surface area contributed by atoms with Gasteiger partial charge >= 0.3 is 5.97 Å². The fraction of sp³-hybridized carbons (Fsp3) is 0.276. The van der Waals surface area contributed by atoms with E-state index in [1.54, 1.807) is 19.1 Å². The van der Waals surface area contributed by atoms with Crippen LogP contribution >= 0.6 is 0 Å². The zero-order valence-corrected chi connectivity index (χ0v) is 20.2. The van der Waals surface area contributed by atoms with Crippen molar-refractivity contribution in [3.8, 4) is 34.0 Å². The summed E-state index contributed by atoms with van der Waals surface area (Å²) in [6.45, 7) is 5.37.